The maximum atomic E-state index is 14.3. The molecule has 0 radical (unpaired) electrons. The molecule has 1 atom stereocenters. The Bertz CT molecular complexity index is 863. The summed E-state index contributed by atoms with van der Waals surface area (Å²) < 4.78 is 24.5. The van der Waals surface area contributed by atoms with E-state index in [-0.39, 0.29) is 5.69 Å². The van der Waals surface area contributed by atoms with E-state index in [9.17, 15) is 14.4 Å². The van der Waals surface area contributed by atoms with E-state index in [0.29, 0.717) is 12.4 Å². The van der Waals surface area contributed by atoms with Gasteiger partial charge < -0.3 is 9.47 Å². The molecule has 140 valence electrons. The molecule has 0 spiro atoms. The van der Waals surface area contributed by atoms with Crippen molar-refractivity contribution in [2.24, 2.45) is 16.1 Å². The monoisotopic (exact) mass is 369 g/mol. The molecule has 6 nitrogen and oxygen atoms in total. The van der Waals surface area contributed by atoms with Gasteiger partial charge in [-0.05, 0) is 17.7 Å². The molecule has 27 heavy (non-hydrogen) atoms. The first-order valence-electron chi connectivity index (χ1n) is 8.31. The van der Waals surface area contributed by atoms with Crippen molar-refractivity contribution in [2.45, 2.75) is 26.0 Å². The van der Waals surface area contributed by atoms with Crippen LogP contribution >= 0.6 is 0 Å². The van der Waals surface area contributed by atoms with Crippen molar-refractivity contribution in [3.63, 3.8) is 0 Å². The largest absolute Gasteiger partial charge is 0.489 e. The molecular weight excluding hydrogens is 349 g/mol. The zero-order valence-corrected chi connectivity index (χ0v) is 15.3. The minimum atomic E-state index is -1.83. The molecule has 0 saturated carbocycles. The summed E-state index contributed by atoms with van der Waals surface area (Å²) in [4.78, 5) is 12.0. The third-order valence-corrected chi connectivity index (χ3v) is 3.99. The van der Waals surface area contributed by atoms with E-state index in [1.807, 2.05) is 36.4 Å². The number of methoxy groups -OCH3 is 1. The minimum Gasteiger partial charge on any atom is -0.489 e. The fourth-order valence-electron chi connectivity index (χ4n) is 2.28. The Morgan fingerprint density at radius 3 is 2.52 bits per heavy atom. The number of carbonyl (C=O) groups is 1. The molecule has 0 heterocycles. The van der Waals surface area contributed by atoms with Gasteiger partial charge in [0.05, 0.1) is 7.11 Å². The van der Waals surface area contributed by atoms with Crippen molar-refractivity contribution in [3.05, 3.63) is 59.9 Å². The molecule has 0 aliphatic rings. The highest BCUT2D eigenvalue weighted by Crippen LogP contribution is 2.29. The minimum absolute atomic E-state index is 0.105. The summed E-state index contributed by atoms with van der Waals surface area (Å²) in [5.41, 5.74) is -0.981. The van der Waals surface area contributed by atoms with E-state index in [0.717, 1.165) is 12.7 Å². The van der Waals surface area contributed by atoms with Crippen LogP contribution in [-0.4, -0.2) is 18.6 Å². The quantitative estimate of drug-likeness (QED) is 0.528. The Kier molecular flexibility index (Phi) is 6.61. The fourth-order valence-corrected chi connectivity index (χ4v) is 2.28. The lowest BCUT2D eigenvalue weighted by atomic mass is 9.89. The summed E-state index contributed by atoms with van der Waals surface area (Å²) in [5, 5.41) is 17.0. The molecule has 0 aromatic heterocycles. The van der Waals surface area contributed by atoms with Gasteiger partial charge >= 0.3 is 5.97 Å². The molecular formula is C20H20FN3O3. The van der Waals surface area contributed by atoms with Crippen LogP contribution in [0.4, 0.5) is 10.1 Å². The number of esters is 1. The summed E-state index contributed by atoms with van der Waals surface area (Å²) in [6, 6.07) is 15.4. The Morgan fingerprint density at radius 1 is 1.26 bits per heavy atom. The van der Waals surface area contributed by atoms with E-state index in [4.69, 9.17) is 4.74 Å². The van der Waals surface area contributed by atoms with Crippen LogP contribution in [0.25, 0.3) is 0 Å². The molecule has 2 aromatic rings. The molecule has 0 fully saturated rings. The number of carbonyl (C=O) groups excluding carboxylic acids is 1. The lowest BCUT2D eigenvalue weighted by Gasteiger charge is -2.21. The first kappa shape index (κ1) is 20.0. The van der Waals surface area contributed by atoms with Crippen molar-refractivity contribution in [2.75, 3.05) is 7.11 Å². The number of nitriles is 1. The second-order valence-electron chi connectivity index (χ2n) is 6.11. The van der Waals surface area contributed by atoms with Crippen molar-refractivity contribution in [1.29, 1.82) is 5.26 Å². The number of halogens is 1. The Balaban J connectivity index is 2.18. The number of hydrogen-bond donors (Lipinski definition) is 0. The van der Waals surface area contributed by atoms with Gasteiger partial charge in [-0.25, -0.2) is 9.18 Å². The standard InChI is InChI=1S/C20H20FN3O3/c1-14(2)20(13-22,19(25)26-3)24-23-18-10-9-16(11-17(18)21)27-12-15-7-5-4-6-8-15/h4-11,14H,12H2,1-3H3/b24-23+. The predicted molar refractivity (Wildman–Crippen MR) is 96.9 cm³/mol. The number of nitrogens with zero attached hydrogens (tertiary/aromatic N) is 3. The average molecular weight is 369 g/mol. The van der Waals surface area contributed by atoms with Gasteiger partial charge in [-0.15, -0.1) is 0 Å². The van der Waals surface area contributed by atoms with Crippen LogP contribution in [0.15, 0.2) is 58.8 Å². The molecule has 0 saturated heterocycles. The second kappa shape index (κ2) is 8.90. The Morgan fingerprint density at radius 2 is 1.96 bits per heavy atom. The molecule has 7 heteroatoms. The first-order chi connectivity index (χ1) is 12.9. The van der Waals surface area contributed by atoms with Gasteiger partial charge in [0, 0.05) is 12.0 Å². The molecule has 0 aliphatic heterocycles. The molecule has 0 aliphatic carbocycles. The number of hydrogen-bond acceptors (Lipinski definition) is 6. The van der Waals surface area contributed by atoms with Crippen LogP contribution in [0, 0.1) is 23.1 Å². The van der Waals surface area contributed by atoms with Crippen LogP contribution in [0.1, 0.15) is 19.4 Å². The molecule has 1 unspecified atom stereocenters. The van der Waals surface area contributed by atoms with Gasteiger partial charge in [0.25, 0.3) is 5.54 Å². The summed E-state index contributed by atoms with van der Waals surface area (Å²) in [6.45, 7) is 3.57. The van der Waals surface area contributed by atoms with Crippen molar-refractivity contribution in [1.82, 2.24) is 0 Å². The molecule has 0 N–H and O–H groups in total. The van der Waals surface area contributed by atoms with Gasteiger partial charge in [0.1, 0.15) is 24.1 Å². The van der Waals surface area contributed by atoms with E-state index in [1.165, 1.54) is 12.1 Å². The van der Waals surface area contributed by atoms with Gasteiger partial charge in [0.15, 0.2) is 5.82 Å². The van der Waals surface area contributed by atoms with Gasteiger partial charge in [0.2, 0.25) is 0 Å². The van der Waals surface area contributed by atoms with Crippen molar-refractivity contribution >= 4 is 11.7 Å². The Labute approximate surface area is 157 Å². The smallest absolute Gasteiger partial charge is 0.350 e. The zero-order valence-electron chi connectivity index (χ0n) is 15.3. The molecule has 0 bridgehead atoms. The first-order valence-corrected chi connectivity index (χ1v) is 8.31. The topological polar surface area (TPSA) is 84.0 Å². The van der Waals surface area contributed by atoms with Crippen LogP contribution in [-0.2, 0) is 16.1 Å². The van der Waals surface area contributed by atoms with E-state index >= 15 is 0 Å². The number of ether oxygens (including phenoxy) is 2. The van der Waals surface area contributed by atoms with Crippen LogP contribution in [0.3, 0.4) is 0 Å². The van der Waals surface area contributed by atoms with Crippen LogP contribution in [0.5, 0.6) is 5.75 Å². The van der Waals surface area contributed by atoms with E-state index < -0.39 is 23.2 Å². The van der Waals surface area contributed by atoms with E-state index in [1.54, 1.807) is 19.9 Å². The number of benzene rings is 2. The van der Waals surface area contributed by atoms with Gasteiger partial charge in [-0.2, -0.15) is 15.5 Å². The average Bonchev–Trinajstić information content (AvgIpc) is 2.68. The molecule has 0 amide bonds. The molecule has 2 rings (SSSR count). The maximum absolute atomic E-state index is 14.3. The van der Waals surface area contributed by atoms with Crippen molar-refractivity contribution < 1.29 is 18.7 Å². The SMILES string of the molecule is COC(=O)C(C#N)(/N=N/c1ccc(OCc2ccccc2)cc1F)C(C)C. The highest BCUT2D eigenvalue weighted by atomic mass is 19.1. The van der Waals surface area contributed by atoms with Crippen LogP contribution < -0.4 is 4.74 Å². The highest BCUT2D eigenvalue weighted by Gasteiger charge is 2.44. The lowest BCUT2D eigenvalue weighted by Crippen LogP contribution is -2.41. The molecule has 2 aromatic carbocycles. The normalized spacial score (nSPS) is 13.2. The fraction of sp³-hybridized carbons (Fsp3) is 0.300. The summed E-state index contributed by atoms with van der Waals surface area (Å²) in [6.07, 6.45) is 0. The summed E-state index contributed by atoms with van der Waals surface area (Å²) >= 11 is 0. The lowest BCUT2D eigenvalue weighted by molar-refractivity contribution is -0.146. The predicted octanol–water partition coefficient (Wildman–Crippen LogP) is 4.58. The summed E-state index contributed by atoms with van der Waals surface area (Å²) in [5.74, 6) is -1.69. The third-order valence-electron chi connectivity index (χ3n) is 3.99. The summed E-state index contributed by atoms with van der Waals surface area (Å²) in [7, 11) is 1.16. The van der Waals surface area contributed by atoms with Gasteiger partial charge in [-0.3, -0.25) is 0 Å². The highest BCUT2D eigenvalue weighted by molar-refractivity contribution is 5.84. The van der Waals surface area contributed by atoms with Gasteiger partial charge in [-0.1, -0.05) is 44.2 Å². The van der Waals surface area contributed by atoms with E-state index in [2.05, 4.69) is 15.0 Å². The van der Waals surface area contributed by atoms with Crippen molar-refractivity contribution in [3.8, 4) is 11.8 Å². The zero-order chi connectivity index (χ0) is 19.9. The third kappa shape index (κ3) is 4.67. The number of azo groups is 1. The van der Waals surface area contributed by atoms with Crippen LogP contribution in [0.2, 0.25) is 0 Å². The Hall–Kier alpha value is -3.27. The maximum Gasteiger partial charge on any atom is 0.350 e. The number of rotatable bonds is 7. The second-order valence-corrected chi connectivity index (χ2v) is 6.11.